The molecular weight excluding hydrogens is 276 g/mol. The van der Waals surface area contributed by atoms with Gasteiger partial charge in [0.1, 0.15) is 0 Å². The maximum Gasteiger partial charge on any atom is 0.280 e. The van der Waals surface area contributed by atoms with Crippen LogP contribution in [0.5, 0.6) is 0 Å². The van der Waals surface area contributed by atoms with Crippen molar-refractivity contribution in [1.29, 1.82) is 0 Å². The summed E-state index contributed by atoms with van der Waals surface area (Å²) in [6, 6.07) is 0. The zero-order chi connectivity index (χ0) is 15.4. The second-order valence-electron chi connectivity index (χ2n) is 4.82. The van der Waals surface area contributed by atoms with Crippen molar-refractivity contribution in [2.75, 3.05) is 12.3 Å². The van der Waals surface area contributed by atoms with E-state index in [9.17, 15) is 9.59 Å². The molecule has 0 aromatic carbocycles. The van der Waals surface area contributed by atoms with Crippen LogP contribution in [-0.4, -0.2) is 43.2 Å². The van der Waals surface area contributed by atoms with Gasteiger partial charge in [0, 0.05) is 19.5 Å². The molecule has 0 aliphatic heterocycles. The van der Waals surface area contributed by atoms with E-state index in [1.54, 1.807) is 11.5 Å². The summed E-state index contributed by atoms with van der Waals surface area (Å²) in [5.74, 6) is -0.102. The van der Waals surface area contributed by atoms with E-state index in [1.165, 1.54) is 6.33 Å². The van der Waals surface area contributed by atoms with Crippen LogP contribution >= 0.6 is 0 Å². The van der Waals surface area contributed by atoms with Gasteiger partial charge in [-0.1, -0.05) is 0 Å². The summed E-state index contributed by atoms with van der Waals surface area (Å²) >= 11 is 0. The lowest BCUT2D eigenvalue weighted by Gasteiger charge is -2.07. The number of nitrogens with one attached hydrogen (secondary N) is 2. The third kappa shape index (κ3) is 3.78. The molecule has 0 saturated carbocycles. The zero-order valence-electron chi connectivity index (χ0n) is 11.7. The average Bonchev–Trinajstić information content (AvgIpc) is 2.80. The predicted octanol–water partition coefficient (Wildman–Crippen LogP) is -1.02. The number of carbonyl (C=O) groups is 1. The van der Waals surface area contributed by atoms with Gasteiger partial charge >= 0.3 is 0 Å². The minimum absolute atomic E-state index is 0.0314. The number of amides is 1. The van der Waals surface area contributed by atoms with Crippen molar-refractivity contribution in [2.24, 2.45) is 0 Å². The number of hydrogen-bond donors (Lipinski definition) is 4. The van der Waals surface area contributed by atoms with Crippen molar-refractivity contribution in [2.45, 2.75) is 32.4 Å². The number of aryl methyl sites for hydroxylation is 1. The smallest absolute Gasteiger partial charge is 0.280 e. The molecule has 2 heterocycles. The van der Waals surface area contributed by atoms with Gasteiger partial charge in [-0.3, -0.25) is 14.6 Å². The quantitative estimate of drug-likeness (QED) is 0.537. The van der Waals surface area contributed by atoms with E-state index in [-0.39, 0.29) is 29.5 Å². The van der Waals surface area contributed by atoms with Crippen LogP contribution in [0.1, 0.15) is 19.8 Å². The fourth-order valence-corrected chi connectivity index (χ4v) is 1.89. The molecule has 1 atom stereocenters. The number of aromatic nitrogens is 4. The van der Waals surface area contributed by atoms with Gasteiger partial charge in [0.25, 0.3) is 5.56 Å². The lowest BCUT2D eigenvalue weighted by atomic mass is 10.3. The summed E-state index contributed by atoms with van der Waals surface area (Å²) < 4.78 is 1.68. The molecule has 1 unspecified atom stereocenters. The van der Waals surface area contributed by atoms with Crippen LogP contribution in [0.3, 0.4) is 0 Å². The largest absolute Gasteiger partial charge is 0.392 e. The summed E-state index contributed by atoms with van der Waals surface area (Å²) in [5.41, 5.74) is 5.75. The number of rotatable bonds is 6. The lowest BCUT2D eigenvalue weighted by molar-refractivity contribution is -0.121. The summed E-state index contributed by atoms with van der Waals surface area (Å²) in [6.45, 7) is 2.33. The Morgan fingerprint density at radius 3 is 3.10 bits per heavy atom. The number of carbonyl (C=O) groups excluding carboxylic acids is 1. The highest BCUT2D eigenvalue weighted by Gasteiger charge is 2.09. The number of H-pyrrole nitrogens is 1. The Bertz CT molecular complexity index is 690. The van der Waals surface area contributed by atoms with Crippen LogP contribution in [0, 0.1) is 0 Å². The molecular formula is C12H18N6O3. The number of nitrogens with zero attached hydrogens (tertiary/aromatic N) is 3. The fraction of sp³-hybridized carbons (Fsp3) is 0.500. The van der Waals surface area contributed by atoms with Crippen LogP contribution in [0.2, 0.25) is 0 Å². The first-order chi connectivity index (χ1) is 9.97. The molecule has 114 valence electrons. The topological polar surface area (TPSA) is 139 Å². The molecule has 0 saturated heterocycles. The molecule has 21 heavy (non-hydrogen) atoms. The van der Waals surface area contributed by atoms with Crippen molar-refractivity contribution in [1.82, 2.24) is 24.8 Å². The summed E-state index contributed by atoms with van der Waals surface area (Å²) in [7, 11) is 0. The third-order valence-electron chi connectivity index (χ3n) is 2.89. The van der Waals surface area contributed by atoms with E-state index >= 15 is 0 Å². The number of imidazole rings is 1. The lowest BCUT2D eigenvalue weighted by Crippen LogP contribution is -2.30. The molecule has 2 rings (SSSR count). The van der Waals surface area contributed by atoms with Crippen LogP contribution in [0.4, 0.5) is 5.95 Å². The highest BCUT2D eigenvalue weighted by Crippen LogP contribution is 2.07. The van der Waals surface area contributed by atoms with Gasteiger partial charge in [0.2, 0.25) is 11.9 Å². The van der Waals surface area contributed by atoms with Crippen molar-refractivity contribution >= 4 is 23.0 Å². The van der Waals surface area contributed by atoms with Gasteiger partial charge in [-0.05, 0) is 13.3 Å². The van der Waals surface area contributed by atoms with Gasteiger partial charge in [-0.2, -0.15) is 4.98 Å². The fourth-order valence-electron chi connectivity index (χ4n) is 1.89. The Balaban J connectivity index is 1.95. The van der Waals surface area contributed by atoms with Gasteiger partial charge in [-0.15, -0.1) is 0 Å². The van der Waals surface area contributed by atoms with Crippen molar-refractivity contribution in [3.8, 4) is 0 Å². The standard InChI is InChI=1S/C12H18N6O3/c1-7(19)5-14-8(20)3-2-4-18-6-15-9-10(18)16-12(13)17-11(9)21/h6-7,19H,2-5H2,1H3,(H,14,20)(H3,13,16,17,21). The van der Waals surface area contributed by atoms with Gasteiger partial charge in [-0.25, -0.2) is 4.98 Å². The van der Waals surface area contributed by atoms with E-state index in [1.807, 2.05) is 0 Å². The molecule has 9 heteroatoms. The van der Waals surface area contributed by atoms with Crippen LogP contribution < -0.4 is 16.6 Å². The van der Waals surface area contributed by atoms with E-state index < -0.39 is 6.10 Å². The minimum atomic E-state index is -0.564. The second kappa shape index (κ2) is 6.35. The molecule has 0 bridgehead atoms. The molecule has 2 aromatic rings. The van der Waals surface area contributed by atoms with E-state index in [0.29, 0.717) is 25.0 Å². The summed E-state index contributed by atoms with van der Waals surface area (Å²) in [6.07, 6.45) is 1.81. The Kier molecular flexibility index (Phi) is 4.53. The highest BCUT2D eigenvalue weighted by atomic mass is 16.3. The van der Waals surface area contributed by atoms with Gasteiger partial charge in [0.05, 0.1) is 12.4 Å². The molecule has 0 aliphatic carbocycles. The van der Waals surface area contributed by atoms with E-state index in [2.05, 4.69) is 20.3 Å². The molecule has 0 fully saturated rings. The number of anilines is 1. The van der Waals surface area contributed by atoms with E-state index in [0.717, 1.165) is 0 Å². The Morgan fingerprint density at radius 2 is 2.38 bits per heavy atom. The molecule has 5 N–H and O–H groups in total. The number of nitrogen functional groups attached to an aromatic ring is 1. The minimum Gasteiger partial charge on any atom is -0.392 e. The van der Waals surface area contributed by atoms with Gasteiger partial charge < -0.3 is 20.7 Å². The first-order valence-corrected chi connectivity index (χ1v) is 6.62. The molecule has 2 aromatic heterocycles. The van der Waals surface area contributed by atoms with E-state index in [4.69, 9.17) is 10.8 Å². The zero-order valence-corrected chi connectivity index (χ0v) is 11.7. The van der Waals surface area contributed by atoms with Crippen molar-refractivity contribution < 1.29 is 9.90 Å². The average molecular weight is 294 g/mol. The maximum absolute atomic E-state index is 11.6. The summed E-state index contributed by atoms with van der Waals surface area (Å²) in [5, 5.41) is 11.7. The van der Waals surface area contributed by atoms with Crippen molar-refractivity contribution in [3.63, 3.8) is 0 Å². The number of nitrogens with two attached hydrogens (primary N) is 1. The summed E-state index contributed by atoms with van der Waals surface area (Å²) in [4.78, 5) is 33.5. The molecule has 0 aliphatic rings. The monoisotopic (exact) mass is 294 g/mol. The molecule has 0 radical (unpaired) electrons. The molecule has 0 spiro atoms. The number of fused-ring (bicyclic) bond motifs is 1. The first-order valence-electron chi connectivity index (χ1n) is 6.62. The van der Waals surface area contributed by atoms with Crippen molar-refractivity contribution in [3.05, 3.63) is 16.7 Å². The predicted molar refractivity (Wildman–Crippen MR) is 76.5 cm³/mol. The Morgan fingerprint density at radius 1 is 1.62 bits per heavy atom. The number of aliphatic hydroxyl groups is 1. The number of aliphatic hydroxyl groups excluding tert-OH is 1. The SMILES string of the molecule is CC(O)CNC(=O)CCCn1cnc2c(=O)[nH]c(N)nc21. The second-order valence-corrected chi connectivity index (χ2v) is 4.82. The first kappa shape index (κ1) is 15.0. The van der Waals surface area contributed by atoms with Crippen LogP contribution in [-0.2, 0) is 11.3 Å². The Hall–Kier alpha value is -2.42. The third-order valence-corrected chi connectivity index (χ3v) is 2.89. The van der Waals surface area contributed by atoms with Gasteiger partial charge in [0.15, 0.2) is 11.2 Å². The highest BCUT2D eigenvalue weighted by molar-refractivity contribution is 5.75. The molecule has 9 nitrogen and oxygen atoms in total. The van der Waals surface area contributed by atoms with Crippen LogP contribution in [0.25, 0.3) is 11.2 Å². The normalized spacial score (nSPS) is 12.5. The molecule has 1 amide bonds. The van der Waals surface area contributed by atoms with Crippen LogP contribution in [0.15, 0.2) is 11.1 Å². The Labute approximate surface area is 120 Å². The number of aromatic amines is 1. The number of hydrogen-bond acceptors (Lipinski definition) is 6. The maximum atomic E-state index is 11.6.